The quantitative estimate of drug-likeness (QED) is 0.422. The van der Waals surface area contributed by atoms with Crippen molar-refractivity contribution < 1.29 is 0 Å². The molecule has 4 rings (SSSR count). The molecule has 0 spiro atoms. The second kappa shape index (κ2) is 8.86. The van der Waals surface area contributed by atoms with E-state index in [0.717, 1.165) is 27.4 Å². The van der Waals surface area contributed by atoms with E-state index in [-0.39, 0.29) is 0 Å². The van der Waals surface area contributed by atoms with Crippen LogP contribution in [0.15, 0.2) is 83.9 Å². The summed E-state index contributed by atoms with van der Waals surface area (Å²) in [6.07, 6.45) is 0. The Morgan fingerprint density at radius 2 is 1.44 bits per heavy atom. The van der Waals surface area contributed by atoms with Gasteiger partial charge in [0, 0.05) is 22.1 Å². The number of thioether (sulfide) groups is 2. The fraction of sp³-hybridized carbons (Fsp3) is 0.130. The molecule has 0 atom stereocenters. The Morgan fingerprint density at radius 3 is 2.04 bits per heavy atom. The molecule has 0 bridgehead atoms. The van der Waals surface area contributed by atoms with Gasteiger partial charge in [-0.05, 0) is 35.2 Å². The standard InChI is InChI=1S/C23H18ClNS2/c24-19-11-12-22(20(15-19)23-26-13-14-27-23)25-16-21(17-7-3-1-4-8-17)18-9-5-2-6-10-18/h1-12,15,23H,13-14H2. The molecule has 4 heteroatoms. The second-order valence-corrected chi connectivity index (χ2v) is 9.27. The highest BCUT2D eigenvalue weighted by Gasteiger charge is 2.21. The van der Waals surface area contributed by atoms with Crippen LogP contribution in [0.4, 0.5) is 5.69 Å². The van der Waals surface area contributed by atoms with Crippen LogP contribution < -0.4 is 0 Å². The summed E-state index contributed by atoms with van der Waals surface area (Å²) in [7, 11) is 0. The molecule has 1 saturated heterocycles. The van der Waals surface area contributed by atoms with Crippen LogP contribution >= 0.6 is 35.1 Å². The lowest BCUT2D eigenvalue weighted by Gasteiger charge is -2.11. The molecule has 3 aromatic rings. The van der Waals surface area contributed by atoms with Gasteiger partial charge in [0.25, 0.3) is 0 Å². The van der Waals surface area contributed by atoms with Crippen molar-refractivity contribution in [1.29, 1.82) is 0 Å². The number of aliphatic imine (C=N–C) groups is 1. The van der Waals surface area contributed by atoms with Crippen LogP contribution in [0.25, 0.3) is 5.57 Å². The summed E-state index contributed by atoms with van der Waals surface area (Å²) >= 11 is 10.2. The largest absolute Gasteiger partial charge is 0.205 e. The van der Waals surface area contributed by atoms with Crippen molar-refractivity contribution in [3.8, 4) is 0 Å². The van der Waals surface area contributed by atoms with E-state index in [1.165, 1.54) is 17.1 Å². The Kier molecular flexibility index (Phi) is 6.06. The molecule has 1 aliphatic heterocycles. The minimum atomic E-state index is 0.390. The van der Waals surface area contributed by atoms with Gasteiger partial charge in [-0.15, -0.1) is 23.5 Å². The van der Waals surface area contributed by atoms with Gasteiger partial charge in [-0.25, -0.2) is 4.99 Å². The molecular weight excluding hydrogens is 390 g/mol. The molecule has 0 N–H and O–H groups in total. The van der Waals surface area contributed by atoms with Gasteiger partial charge in [-0.3, -0.25) is 0 Å². The van der Waals surface area contributed by atoms with Crippen molar-refractivity contribution in [3.05, 3.63) is 101 Å². The molecule has 0 unspecified atom stereocenters. The van der Waals surface area contributed by atoms with Gasteiger partial charge in [0.1, 0.15) is 0 Å². The van der Waals surface area contributed by atoms with Gasteiger partial charge >= 0.3 is 0 Å². The number of hydrogen-bond acceptors (Lipinski definition) is 3. The molecule has 0 radical (unpaired) electrons. The van der Waals surface area contributed by atoms with Crippen LogP contribution in [0.2, 0.25) is 5.02 Å². The maximum Gasteiger partial charge on any atom is 0.0782 e. The highest BCUT2D eigenvalue weighted by molar-refractivity contribution is 8.19. The Labute approximate surface area is 173 Å². The zero-order valence-corrected chi connectivity index (χ0v) is 17.0. The Balaban J connectivity index is 1.83. The highest BCUT2D eigenvalue weighted by atomic mass is 35.5. The third-order valence-corrected chi connectivity index (χ3v) is 7.58. The maximum absolute atomic E-state index is 6.26. The minimum absolute atomic E-state index is 0.390. The first kappa shape index (κ1) is 18.5. The van der Waals surface area contributed by atoms with Crippen LogP contribution in [-0.4, -0.2) is 17.4 Å². The zero-order valence-electron chi connectivity index (χ0n) is 14.6. The molecule has 0 aliphatic carbocycles. The third kappa shape index (κ3) is 4.51. The normalized spacial score (nSPS) is 14.0. The van der Waals surface area contributed by atoms with Gasteiger partial charge in [0.05, 0.1) is 15.8 Å². The molecule has 27 heavy (non-hydrogen) atoms. The molecule has 1 nitrogen and oxygen atoms in total. The van der Waals surface area contributed by atoms with Crippen LogP contribution in [0, 0.1) is 0 Å². The van der Waals surface area contributed by atoms with E-state index in [2.05, 4.69) is 30.1 Å². The summed E-state index contributed by atoms with van der Waals surface area (Å²) in [6, 6.07) is 26.5. The summed E-state index contributed by atoms with van der Waals surface area (Å²) in [5, 5.41) is 0.757. The first-order chi connectivity index (χ1) is 13.3. The number of hydrogen-bond donors (Lipinski definition) is 0. The van der Waals surface area contributed by atoms with Gasteiger partial charge in [0.2, 0.25) is 0 Å². The lowest BCUT2D eigenvalue weighted by Crippen LogP contribution is -1.89. The van der Waals surface area contributed by atoms with Crippen LogP contribution in [0.3, 0.4) is 0 Å². The van der Waals surface area contributed by atoms with Crippen molar-refractivity contribution in [3.63, 3.8) is 0 Å². The average Bonchev–Trinajstić information content (AvgIpc) is 3.25. The van der Waals surface area contributed by atoms with Crippen LogP contribution in [0.1, 0.15) is 21.3 Å². The van der Waals surface area contributed by atoms with E-state index in [0.29, 0.717) is 4.58 Å². The lowest BCUT2D eigenvalue weighted by atomic mass is 9.99. The van der Waals surface area contributed by atoms with E-state index in [1.54, 1.807) is 0 Å². The number of benzene rings is 3. The predicted octanol–water partition coefficient (Wildman–Crippen LogP) is 7.25. The topological polar surface area (TPSA) is 12.4 Å². The van der Waals surface area contributed by atoms with E-state index in [1.807, 2.05) is 78.1 Å². The molecule has 0 saturated carbocycles. The summed E-state index contributed by atoms with van der Waals surface area (Å²) in [6.45, 7) is 0. The molecule has 0 aromatic heterocycles. The Hall–Kier alpha value is -1.90. The molecule has 3 aromatic carbocycles. The van der Waals surface area contributed by atoms with Crippen LogP contribution in [0.5, 0.6) is 0 Å². The second-order valence-electron chi connectivity index (χ2n) is 6.11. The van der Waals surface area contributed by atoms with Crippen molar-refractivity contribution in [1.82, 2.24) is 0 Å². The van der Waals surface area contributed by atoms with E-state index in [9.17, 15) is 0 Å². The summed E-state index contributed by atoms with van der Waals surface area (Å²) in [5.74, 6) is 5.67. The van der Waals surface area contributed by atoms with Crippen molar-refractivity contribution in [2.45, 2.75) is 4.58 Å². The fourth-order valence-corrected chi connectivity index (χ4v) is 6.05. The monoisotopic (exact) mass is 407 g/mol. The summed E-state index contributed by atoms with van der Waals surface area (Å²) in [4.78, 5) is 4.77. The van der Waals surface area contributed by atoms with Gasteiger partial charge < -0.3 is 0 Å². The molecule has 1 fully saturated rings. The van der Waals surface area contributed by atoms with E-state index in [4.69, 9.17) is 16.6 Å². The highest BCUT2D eigenvalue weighted by Crippen LogP contribution is 2.48. The maximum atomic E-state index is 6.26. The minimum Gasteiger partial charge on any atom is -0.205 e. The first-order valence-electron chi connectivity index (χ1n) is 8.78. The van der Waals surface area contributed by atoms with Crippen molar-refractivity contribution in [2.75, 3.05) is 11.5 Å². The smallest absolute Gasteiger partial charge is 0.0782 e. The number of rotatable bonds is 4. The third-order valence-electron chi connectivity index (χ3n) is 4.28. The van der Waals surface area contributed by atoms with E-state index < -0.39 is 0 Å². The first-order valence-corrected chi connectivity index (χ1v) is 11.3. The fourth-order valence-electron chi connectivity index (χ4n) is 2.98. The SMILES string of the molecule is Clc1ccc(N=C=C(c2ccccc2)c2ccccc2)c(C2SCCS2)c1. The Bertz CT molecular complexity index is 932. The summed E-state index contributed by atoms with van der Waals surface area (Å²) < 4.78 is 0.390. The van der Waals surface area contributed by atoms with E-state index >= 15 is 0 Å². The number of halogens is 1. The Morgan fingerprint density at radius 1 is 0.852 bits per heavy atom. The zero-order chi connectivity index (χ0) is 18.5. The molecular formula is C23H18ClNS2. The van der Waals surface area contributed by atoms with Gasteiger partial charge in [-0.1, -0.05) is 72.3 Å². The molecule has 1 heterocycles. The number of nitrogens with zero attached hydrogens (tertiary/aromatic N) is 1. The summed E-state index contributed by atoms with van der Waals surface area (Å²) in [5.41, 5.74) is 5.32. The van der Waals surface area contributed by atoms with Gasteiger partial charge in [0.15, 0.2) is 0 Å². The lowest BCUT2D eigenvalue weighted by molar-refractivity contribution is 1.35. The van der Waals surface area contributed by atoms with Crippen LogP contribution in [-0.2, 0) is 0 Å². The van der Waals surface area contributed by atoms with Gasteiger partial charge in [-0.2, -0.15) is 0 Å². The van der Waals surface area contributed by atoms with Crippen molar-refractivity contribution >= 4 is 52.3 Å². The van der Waals surface area contributed by atoms with Crippen molar-refractivity contribution in [2.24, 2.45) is 4.99 Å². The molecule has 0 amide bonds. The average molecular weight is 408 g/mol. The molecule has 134 valence electrons. The predicted molar refractivity (Wildman–Crippen MR) is 122 cm³/mol. The molecule has 1 aliphatic rings.